The van der Waals surface area contributed by atoms with Crippen molar-refractivity contribution in [2.24, 2.45) is 0 Å². The third-order valence-corrected chi connectivity index (χ3v) is 12.1. The van der Waals surface area contributed by atoms with Gasteiger partial charge >= 0.3 is 11.9 Å². The molecule has 2 heterocycles. The fourth-order valence-corrected chi connectivity index (χ4v) is 8.55. The lowest BCUT2D eigenvalue weighted by atomic mass is 10.1. The van der Waals surface area contributed by atoms with Crippen LogP contribution in [0.1, 0.15) is 136 Å². The van der Waals surface area contributed by atoms with Crippen LogP contribution in [0.15, 0.2) is 60.7 Å². The van der Waals surface area contributed by atoms with Gasteiger partial charge in [-0.05, 0) is 87.8 Å². The summed E-state index contributed by atoms with van der Waals surface area (Å²) >= 11 is 0. The van der Waals surface area contributed by atoms with Gasteiger partial charge in [0, 0.05) is 61.9 Å². The van der Waals surface area contributed by atoms with E-state index in [-0.39, 0.29) is 69.1 Å². The number of nitro groups is 2. The molecule has 2 N–H and O–H groups in total. The van der Waals surface area contributed by atoms with Gasteiger partial charge < -0.3 is 39.0 Å². The summed E-state index contributed by atoms with van der Waals surface area (Å²) in [5, 5.41) is 41.7. The highest BCUT2D eigenvalue weighted by atomic mass is 16.6. The first-order valence-electron chi connectivity index (χ1n) is 23.2. The van der Waals surface area contributed by atoms with Gasteiger partial charge in [-0.3, -0.25) is 20.2 Å². The average molecular weight is 891 g/mol. The number of rotatable bonds is 32. The van der Waals surface area contributed by atoms with Gasteiger partial charge in [0.2, 0.25) is 0 Å². The van der Waals surface area contributed by atoms with Crippen LogP contribution in [0.2, 0.25) is 0 Å². The number of carboxylic acid groups (broad SMARTS) is 2. The van der Waals surface area contributed by atoms with Crippen molar-refractivity contribution in [3.8, 4) is 11.5 Å². The molecule has 2 aliphatic heterocycles. The predicted molar refractivity (Wildman–Crippen MR) is 245 cm³/mol. The number of nitro benzene ring substituents is 2. The van der Waals surface area contributed by atoms with Gasteiger partial charge in [0.25, 0.3) is 11.4 Å². The van der Waals surface area contributed by atoms with Gasteiger partial charge in [-0.2, -0.15) is 0 Å². The Kier molecular flexibility index (Phi) is 20.9. The minimum Gasteiger partial charge on any atom is -0.493 e. The monoisotopic (exact) mass is 890 g/mol. The molecule has 2 fully saturated rings. The van der Waals surface area contributed by atoms with Gasteiger partial charge in [0.1, 0.15) is 22.6 Å². The zero-order chi connectivity index (χ0) is 45.5. The number of non-ortho nitro benzene ring substituents is 2. The number of unbranched alkanes of at least 4 members (excludes halogenated alkanes) is 12. The Hall–Kier alpha value is -5.48. The van der Waals surface area contributed by atoms with Crippen molar-refractivity contribution in [3.63, 3.8) is 0 Å². The first kappa shape index (κ1) is 49.5. The van der Waals surface area contributed by atoms with E-state index in [0.717, 1.165) is 140 Å². The second-order valence-corrected chi connectivity index (χ2v) is 16.8. The molecular formula is C48H66N4O12. The minimum atomic E-state index is -1.21. The summed E-state index contributed by atoms with van der Waals surface area (Å²) in [7, 11) is 0. The lowest BCUT2D eigenvalue weighted by Gasteiger charge is -2.26. The fraction of sp³-hybridized carbons (Fsp3) is 0.583. The third-order valence-electron chi connectivity index (χ3n) is 12.1. The average Bonchev–Trinajstić information content (AvgIpc) is 3.97. The summed E-state index contributed by atoms with van der Waals surface area (Å²) in [6.07, 6.45) is 17.9. The number of hydrogen-bond acceptors (Lipinski definition) is 12. The number of anilines is 2. The van der Waals surface area contributed by atoms with E-state index in [9.17, 15) is 40.0 Å². The van der Waals surface area contributed by atoms with E-state index in [1.165, 1.54) is 12.1 Å². The molecule has 0 amide bonds. The van der Waals surface area contributed by atoms with Gasteiger partial charge in [0.15, 0.2) is 0 Å². The van der Waals surface area contributed by atoms with Crippen molar-refractivity contribution in [3.05, 3.63) is 92.0 Å². The normalized spacial score (nSPS) is 16.0. The number of nitrogens with zero attached hydrogens (tertiary/aromatic N) is 4. The second kappa shape index (κ2) is 27.0. The Morgan fingerprint density at radius 1 is 0.531 bits per heavy atom. The van der Waals surface area contributed by atoms with Crippen molar-refractivity contribution < 1.29 is 48.6 Å². The maximum Gasteiger partial charge on any atom is 0.339 e. The largest absolute Gasteiger partial charge is 0.493 e. The van der Waals surface area contributed by atoms with Crippen LogP contribution in [0.5, 0.6) is 11.5 Å². The first-order valence-corrected chi connectivity index (χ1v) is 23.2. The van der Waals surface area contributed by atoms with Crippen LogP contribution in [0, 0.1) is 20.2 Å². The topological polar surface area (TPSA) is 204 Å². The molecular weight excluding hydrogens is 825 g/mol. The molecule has 16 heteroatoms. The lowest BCUT2D eigenvalue weighted by Crippen LogP contribution is -2.33. The number of aromatic carboxylic acids is 2. The maximum absolute atomic E-state index is 12.1. The molecule has 0 unspecified atom stereocenters. The quantitative estimate of drug-likeness (QED) is 0.0340. The molecule has 3 aromatic carbocycles. The second-order valence-electron chi connectivity index (χ2n) is 16.8. The zero-order valence-electron chi connectivity index (χ0n) is 37.1. The maximum atomic E-state index is 12.1. The summed E-state index contributed by atoms with van der Waals surface area (Å²) in [4.78, 5) is 49.9. The smallest absolute Gasteiger partial charge is 0.339 e. The molecule has 0 bridgehead atoms. The molecule has 2 saturated heterocycles. The van der Waals surface area contributed by atoms with Gasteiger partial charge in [-0.15, -0.1) is 0 Å². The molecule has 0 aliphatic carbocycles. The van der Waals surface area contributed by atoms with Crippen molar-refractivity contribution >= 4 is 34.7 Å². The Bertz CT molecular complexity index is 1770. The van der Waals surface area contributed by atoms with E-state index in [2.05, 4.69) is 9.80 Å². The van der Waals surface area contributed by atoms with E-state index in [0.29, 0.717) is 26.4 Å². The lowest BCUT2D eigenvalue weighted by molar-refractivity contribution is -0.385. The highest BCUT2D eigenvalue weighted by molar-refractivity contribution is 5.97. The van der Waals surface area contributed by atoms with Crippen molar-refractivity contribution in [2.45, 2.75) is 128 Å². The van der Waals surface area contributed by atoms with Crippen LogP contribution in [0.25, 0.3) is 0 Å². The van der Waals surface area contributed by atoms with Crippen LogP contribution in [0.3, 0.4) is 0 Å². The number of hydrogen-bond donors (Lipinski definition) is 2. The molecule has 0 saturated carbocycles. The van der Waals surface area contributed by atoms with E-state index in [1.54, 1.807) is 24.3 Å². The minimum absolute atomic E-state index is 0.0267. The Balaban J connectivity index is 0.871. The number of carbonyl (C=O) groups is 2. The summed E-state index contributed by atoms with van der Waals surface area (Å²) in [6, 6.07) is 16.5. The van der Waals surface area contributed by atoms with Crippen LogP contribution < -0.4 is 19.3 Å². The van der Waals surface area contributed by atoms with Crippen LogP contribution in [0.4, 0.5) is 22.7 Å². The Morgan fingerprint density at radius 2 is 0.859 bits per heavy atom. The van der Waals surface area contributed by atoms with E-state index in [1.807, 2.05) is 24.3 Å². The van der Waals surface area contributed by atoms with Crippen molar-refractivity contribution in [2.75, 3.05) is 62.5 Å². The molecule has 16 nitrogen and oxygen atoms in total. The molecule has 5 rings (SSSR count). The highest BCUT2D eigenvalue weighted by Gasteiger charge is 2.27. The zero-order valence-corrected chi connectivity index (χ0v) is 37.1. The third kappa shape index (κ3) is 15.9. The Morgan fingerprint density at radius 3 is 1.19 bits per heavy atom. The SMILES string of the molecule is O=C(O)c1cc(OCCCCCCCCCOC[C@@H]2CCCN2c2ccc([N+](=O)[O-])cc2)c(C(=O)O)cc1OCCCCCCCCCOC[C@@H]1CCCN1c1ccc([N+](=O)[O-])cc1. The molecule has 3 aromatic rings. The Labute approximate surface area is 376 Å². The molecule has 0 spiro atoms. The summed E-state index contributed by atoms with van der Waals surface area (Å²) in [5.74, 6) is -2.37. The van der Waals surface area contributed by atoms with Gasteiger partial charge in [-0.25, -0.2) is 9.59 Å². The summed E-state index contributed by atoms with van der Waals surface area (Å²) < 4.78 is 23.6. The highest BCUT2D eigenvalue weighted by Crippen LogP contribution is 2.31. The van der Waals surface area contributed by atoms with Crippen LogP contribution >= 0.6 is 0 Å². The van der Waals surface area contributed by atoms with Gasteiger partial charge in [-0.1, -0.05) is 64.2 Å². The molecule has 2 aliphatic rings. The van der Waals surface area contributed by atoms with Crippen molar-refractivity contribution in [1.29, 1.82) is 0 Å². The van der Waals surface area contributed by atoms with E-state index >= 15 is 0 Å². The number of benzene rings is 3. The molecule has 350 valence electrons. The number of carboxylic acids is 2. The molecule has 0 aromatic heterocycles. The summed E-state index contributed by atoms with van der Waals surface area (Å²) in [6.45, 7) is 5.09. The first-order chi connectivity index (χ1) is 31.1. The fourth-order valence-electron chi connectivity index (χ4n) is 8.55. The van der Waals surface area contributed by atoms with Crippen molar-refractivity contribution in [1.82, 2.24) is 0 Å². The molecule has 64 heavy (non-hydrogen) atoms. The predicted octanol–water partition coefficient (Wildman–Crippen LogP) is 10.5. The van der Waals surface area contributed by atoms with Crippen LogP contribution in [-0.2, 0) is 9.47 Å². The molecule has 0 radical (unpaired) electrons. The van der Waals surface area contributed by atoms with Gasteiger partial charge in [0.05, 0.1) is 48.4 Å². The number of ether oxygens (including phenoxy) is 4. The molecule has 2 atom stereocenters. The van der Waals surface area contributed by atoms with E-state index < -0.39 is 11.9 Å². The summed E-state index contributed by atoms with van der Waals surface area (Å²) in [5.41, 5.74) is 1.93. The standard InChI is InChI=1S/C48H66N4O12/c53-47(54)43-34-46(64-32-14-10-6-2-4-8-12-30-62-36-42-18-16-28-50(42)38-21-25-40(26-22-38)52(59)60)44(48(55)56)33-45(43)63-31-13-9-5-1-3-7-11-29-61-35-41-17-15-27-49(41)37-19-23-39(24-20-37)51(57)58/h19-26,33-34,41-42H,1-18,27-32,35-36H2,(H,53,54)(H,55,56)/t41-,42-/m0/s1. The van der Waals surface area contributed by atoms with Crippen LogP contribution in [-0.4, -0.2) is 96.8 Å². The van der Waals surface area contributed by atoms with E-state index in [4.69, 9.17) is 18.9 Å².